The quantitative estimate of drug-likeness (QED) is 0.388. The molecule has 180 valence electrons. The van der Waals surface area contributed by atoms with Crippen LogP contribution < -0.4 is 16.0 Å². The molecular weight excluding hydrogens is 442 g/mol. The Morgan fingerprint density at radius 1 is 0.912 bits per heavy atom. The first-order valence-corrected chi connectivity index (χ1v) is 10.8. The number of fused-ring (bicyclic) bond motifs is 3. The maximum Gasteiger partial charge on any atom is 0.407 e. The van der Waals surface area contributed by atoms with E-state index in [2.05, 4.69) is 16.0 Å². The molecule has 1 aliphatic carbocycles. The Bertz CT molecular complexity index is 1010. The van der Waals surface area contributed by atoms with E-state index in [4.69, 9.17) is 14.6 Å². The van der Waals surface area contributed by atoms with Crippen LogP contribution in [0.25, 0.3) is 11.1 Å². The average Bonchev–Trinajstić information content (AvgIpc) is 3.16. The fourth-order valence-corrected chi connectivity index (χ4v) is 3.78. The van der Waals surface area contributed by atoms with Gasteiger partial charge in [-0.15, -0.1) is 0 Å². The predicted octanol–water partition coefficient (Wildman–Crippen LogP) is 1.25. The summed E-state index contributed by atoms with van der Waals surface area (Å²) < 4.78 is 10.2. The van der Waals surface area contributed by atoms with Gasteiger partial charge in [0.2, 0.25) is 11.8 Å². The second-order valence-corrected chi connectivity index (χ2v) is 7.70. The number of ether oxygens (including phenoxy) is 2. The average molecular weight is 469 g/mol. The number of hydrogen-bond acceptors (Lipinski definition) is 6. The summed E-state index contributed by atoms with van der Waals surface area (Å²) in [6.45, 7) is -0.548. The molecule has 0 aliphatic heterocycles. The molecule has 1 unspecified atom stereocenters. The Hall–Kier alpha value is -3.92. The van der Waals surface area contributed by atoms with E-state index in [0.717, 1.165) is 22.3 Å². The van der Waals surface area contributed by atoms with E-state index in [9.17, 15) is 19.2 Å². The normalized spacial score (nSPS) is 12.7. The zero-order valence-electron chi connectivity index (χ0n) is 18.7. The van der Waals surface area contributed by atoms with E-state index in [1.165, 1.54) is 7.11 Å². The van der Waals surface area contributed by atoms with Crippen molar-refractivity contribution in [2.75, 3.05) is 33.4 Å². The molecule has 4 N–H and O–H groups in total. The lowest BCUT2D eigenvalue weighted by Crippen LogP contribution is -2.47. The number of carbonyl (C=O) groups excluding carboxylic acids is 3. The van der Waals surface area contributed by atoms with Crippen molar-refractivity contribution in [3.05, 3.63) is 59.7 Å². The van der Waals surface area contributed by atoms with Gasteiger partial charge in [-0.3, -0.25) is 9.59 Å². The summed E-state index contributed by atoms with van der Waals surface area (Å²) in [7, 11) is 1.42. The fourth-order valence-electron chi connectivity index (χ4n) is 3.78. The van der Waals surface area contributed by atoms with Gasteiger partial charge in [-0.05, 0) is 22.3 Å². The van der Waals surface area contributed by atoms with Crippen molar-refractivity contribution in [2.24, 2.45) is 0 Å². The first kappa shape index (κ1) is 24.7. The van der Waals surface area contributed by atoms with E-state index in [-0.39, 0.29) is 25.6 Å². The molecule has 0 saturated carbocycles. The summed E-state index contributed by atoms with van der Waals surface area (Å²) in [6.07, 6.45) is -0.665. The van der Waals surface area contributed by atoms with Gasteiger partial charge in [0.15, 0.2) is 0 Å². The summed E-state index contributed by atoms with van der Waals surface area (Å²) >= 11 is 0. The number of methoxy groups -OCH3 is 1. The molecule has 1 aliphatic rings. The lowest BCUT2D eigenvalue weighted by Gasteiger charge is -2.15. The summed E-state index contributed by atoms with van der Waals surface area (Å²) in [5.41, 5.74) is 4.37. The van der Waals surface area contributed by atoms with Crippen LogP contribution in [0.3, 0.4) is 0 Å². The molecule has 2 aromatic rings. The van der Waals surface area contributed by atoms with Gasteiger partial charge in [0.05, 0.1) is 6.54 Å². The fraction of sp³-hybridized carbons (Fsp3) is 0.333. The van der Waals surface area contributed by atoms with Gasteiger partial charge in [0.25, 0.3) is 0 Å². The number of alkyl carbamates (subject to hydrolysis) is 1. The Kier molecular flexibility index (Phi) is 8.58. The number of nitrogens with one attached hydrogen (secondary N) is 3. The van der Waals surface area contributed by atoms with Crippen LogP contribution in [0.1, 0.15) is 23.5 Å². The maximum absolute atomic E-state index is 12.1. The van der Waals surface area contributed by atoms with Crippen LogP contribution in [0.15, 0.2) is 48.5 Å². The van der Waals surface area contributed by atoms with Crippen molar-refractivity contribution in [1.29, 1.82) is 0 Å². The summed E-state index contributed by atoms with van der Waals surface area (Å²) in [5.74, 6) is -2.59. The molecule has 10 nitrogen and oxygen atoms in total. The summed E-state index contributed by atoms with van der Waals surface area (Å²) in [6, 6.07) is 14.8. The van der Waals surface area contributed by atoms with Gasteiger partial charge >= 0.3 is 12.1 Å². The third-order valence-electron chi connectivity index (χ3n) is 5.43. The SMILES string of the molecule is COCCC(NC(=O)CNC(=O)CNC(=O)OCC1c2ccccc2-c2ccccc21)C(=O)O. The lowest BCUT2D eigenvalue weighted by atomic mass is 9.98. The van der Waals surface area contributed by atoms with Crippen molar-refractivity contribution in [1.82, 2.24) is 16.0 Å². The first-order valence-electron chi connectivity index (χ1n) is 10.8. The molecule has 3 rings (SSSR count). The van der Waals surface area contributed by atoms with Gasteiger partial charge < -0.3 is 30.5 Å². The van der Waals surface area contributed by atoms with Crippen LogP contribution >= 0.6 is 0 Å². The third kappa shape index (κ3) is 6.32. The highest BCUT2D eigenvalue weighted by Crippen LogP contribution is 2.44. The van der Waals surface area contributed by atoms with Crippen molar-refractivity contribution < 1.29 is 33.8 Å². The van der Waals surface area contributed by atoms with Crippen LogP contribution in [0.2, 0.25) is 0 Å². The van der Waals surface area contributed by atoms with Gasteiger partial charge in [0.1, 0.15) is 19.2 Å². The van der Waals surface area contributed by atoms with Crippen LogP contribution in [-0.2, 0) is 23.9 Å². The van der Waals surface area contributed by atoms with Crippen LogP contribution in [0.5, 0.6) is 0 Å². The van der Waals surface area contributed by atoms with E-state index in [0.29, 0.717) is 0 Å². The van der Waals surface area contributed by atoms with Crippen LogP contribution in [-0.4, -0.2) is 68.4 Å². The molecule has 0 saturated heterocycles. The van der Waals surface area contributed by atoms with Gasteiger partial charge in [-0.25, -0.2) is 9.59 Å². The number of hydrogen-bond donors (Lipinski definition) is 4. The molecule has 1 atom stereocenters. The second kappa shape index (κ2) is 11.8. The number of carbonyl (C=O) groups is 4. The van der Waals surface area contributed by atoms with Gasteiger partial charge in [-0.2, -0.15) is 0 Å². The third-order valence-corrected chi connectivity index (χ3v) is 5.43. The summed E-state index contributed by atoms with van der Waals surface area (Å²) in [4.78, 5) is 47.1. The number of carboxylic acids is 1. The van der Waals surface area contributed by atoms with Crippen molar-refractivity contribution in [2.45, 2.75) is 18.4 Å². The molecule has 0 spiro atoms. The Balaban J connectivity index is 1.41. The highest BCUT2D eigenvalue weighted by atomic mass is 16.5. The molecule has 34 heavy (non-hydrogen) atoms. The largest absolute Gasteiger partial charge is 0.480 e. The topological polar surface area (TPSA) is 143 Å². The Morgan fingerprint density at radius 2 is 1.50 bits per heavy atom. The second-order valence-electron chi connectivity index (χ2n) is 7.70. The van der Waals surface area contributed by atoms with Gasteiger partial charge in [0, 0.05) is 26.1 Å². The molecule has 0 fully saturated rings. The molecule has 0 bridgehead atoms. The molecule has 0 radical (unpaired) electrons. The predicted molar refractivity (Wildman–Crippen MR) is 122 cm³/mol. The molecule has 2 aromatic carbocycles. The standard InChI is InChI=1S/C24H27N3O7/c1-33-11-10-20(23(30)31)27-22(29)13-25-21(28)12-26-24(32)34-14-19-17-8-4-2-6-15(17)16-7-3-5-9-18(16)19/h2-9,19-20H,10-14H2,1H3,(H,25,28)(H,26,32)(H,27,29)(H,30,31). The molecule has 10 heteroatoms. The van der Waals surface area contributed by atoms with Gasteiger partial charge in [-0.1, -0.05) is 48.5 Å². The number of carboxylic acid groups (broad SMARTS) is 1. The Morgan fingerprint density at radius 3 is 2.09 bits per heavy atom. The molecule has 0 aromatic heterocycles. The minimum absolute atomic E-state index is 0.0921. The van der Waals surface area contributed by atoms with Crippen molar-refractivity contribution in [3.8, 4) is 11.1 Å². The first-order chi connectivity index (χ1) is 16.4. The molecule has 3 amide bonds. The van der Waals surface area contributed by atoms with Crippen LogP contribution in [0.4, 0.5) is 4.79 Å². The lowest BCUT2D eigenvalue weighted by molar-refractivity contribution is -0.142. The number of rotatable bonds is 11. The molecular formula is C24H27N3O7. The van der Waals surface area contributed by atoms with E-state index >= 15 is 0 Å². The number of amides is 3. The highest BCUT2D eigenvalue weighted by Gasteiger charge is 2.29. The van der Waals surface area contributed by atoms with E-state index in [1.54, 1.807) is 0 Å². The zero-order chi connectivity index (χ0) is 24.5. The summed E-state index contributed by atoms with van der Waals surface area (Å²) in [5, 5.41) is 16.0. The van der Waals surface area contributed by atoms with Crippen molar-refractivity contribution >= 4 is 23.9 Å². The maximum atomic E-state index is 12.1. The smallest absolute Gasteiger partial charge is 0.407 e. The van der Waals surface area contributed by atoms with E-state index < -0.39 is 43.0 Å². The number of aliphatic carboxylic acids is 1. The highest BCUT2D eigenvalue weighted by molar-refractivity contribution is 5.89. The molecule has 0 heterocycles. The van der Waals surface area contributed by atoms with Crippen molar-refractivity contribution in [3.63, 3.8) is 0 Å². The Labute approximate surface area is 196 Å². The monoisotopic (exact) mass is 469 g/mol. The van der Waals surface area contributed by atoms with Crippen LogP contribution in [0, 0.1) is 0 Å². The zero-order valence-corrected chi connectivity index (χ0v) is 18.7. The minimum atomic E-state index is -1.20. The number of benzene rings is 2. The minimum Gasteiger partial charge on any atom is -0.480 e. The van der Waals surface area contributed by atoms with E-state index in [1.807, 2.05) is 48.5 Å².